The first-order chi connectivity index (χ1) is 15.2. The Morgan fingerprint density at radius 3 is 2.53 bits per heavy atom. The second-order valence-corrected chi connectivity index (χ2v) is 8.67. The Labute approximate surface area is 189 Å². The molecule has 3 aromatic rings. The third-order valence-corrected chi connectivity index (χ3v) is 6.08. The zero-order valence-corrected chi connectivity index (χ0v) is 18.3. The second kappa shape index (κ2) is 8.36. The molecule has 2 amide bonds. The van der Waals surface area contributed by atoms with Crippen molar-refractivity contribution in [3.63, 3.8) is 0 Å². The monoisotopic (exact) mass is 454 g/mol. The Balaban J connectivity index is 1.63. The van der Waals surface area contributed by atoms with Crippen molar-refractivity contribution < 1.29 is 18.4 Å². The van der Waals surface area contributed by atoms with Gasteiger partial charge < -0.3 is 10.2 Å². The molecule has 0 saturated heterocycles. The molecule has 3 aromatic carbocycles. The van der Waals surface area contributed by atoms with Gasteiger partial charge in [0.05, 0.1) is 12.0 Å². The number of amides is 2. The molecular formula is C25H21ClF2N2O2. The van der Waals surface area contributed by atoms with Crippen molar-refractivity contribution in [3.8, 4) is 0 Å². The average Bonchev–Trinajstić information content (AvgIpc) is 2.94. The topological polar surface area (TPSA) is 49.4 Å². The molecule has 0 radical (unpaired) electrons. The molecule has 0 fully saturated rings. The highest BCUT2D eigenvalue weighted by Gasteiger charge is 2.44. The first-order valence-electron chi connectivity index (χ1n) is 10.1. The van der Waals surface area contributed by atoms with Crippen molar-refractivity contribution in [1.29, 1.82) is 0 Å². The highest BCUT2D eigenvalue weighted by atomic mass is 35.5. The molecule has 164 valence electrons. The highest BCUT2D eigenvalue weighted by molar-refractivity contribution is 6.31. The molecule has 7 heteroatoms. The van der Waals surface area contributed by atoms with E-state index in [4.69, 9.17) is 11.6 Å². The van der Waals surface area contributed by atoms with Crippen LogP contribution in [0.4, 0.5) is 14.5 Å². The zero-order valence-electron chi connectivity index (χ0n) is 17.6. The normalized spacial score (nSPS) is 14.4. The van der Waals surface area contributed by atoms with E-state index in [0.717, 1.165) is 5.56 Å². The molecule has 1 N–H and O–H groups in total. The summed E-state index contributed by atoms with van der Waals surface area (Å²) in [4.78, 5) is 27.3. The standard InChI is InChI=1S/C25H21ClF2N2O2/c1-25(2)19-10-9-16(23(31)29-13-15-5-3-6-17(27)11-15)12-22(19)30(24(25)32)14-18-20(26)7-4-8-21(18)28/h3-12H,13-14H2,1-2H3,(H,29,31). The van der Waals surface area contributed by atoms with Crippen molar-refractivity contribution >= 4 is 29.1 Å². The highest BCUT2D eigenvalue weighted by Crippen LogP contribution is 2.43. The fraction of sp³-hybridized carbons (Fsp3) is 0.200. The molecule has 1 aliphatic rings. The molecule has 0 bridgehead atoms. The lowest BCUT2D eigenvalue weighted by atomic mass is 9.86. The van der Waals surface area contributed by atoms with Crippen LogP contribution in [-0.4, -0.2) is 11.8 Å². The summed E-state index contributed by atoms with van der Waals surface area (Å²) in [5.74, 6) is -1.44. The van der Waals surface area contributed by atoms with Gasteiger partial charge in [-0.25, -0.2) is 8.78 Å². The number of hydrogen-bond donors (Lipinski definition) is 1. The van der Waals surface area contributed by atoms with Gasteiger partial charge in [-0.15, -0.1) is 0 Å². The van der Waals surface area contributed by atoms with Gasteiger partial charge >= 0.3 is 0 Å². The fourth-order valence-electron chi connectivity index (χ4n) is 3.92. The predicted octanol–water partition coefficient (Wildman–Crippen LogP) is 5.37. The summed E-state index contributed by atoms with van der Waals surface area (Å²) < 4.78 is 27.8. The van der Waals surface area contributed by atoms with E-state index in [2.05, 4.69) is 5.32 Å². The van der Waals surface area contributed by atoms with Crippen LogP contribution >= 0.6 is 11.6 Å². The molecular weight excluding hydrogens is 434 g/mol. The van der Waals surface area contributed by atoms with Crippen LogP contribution in [0, 0.1) is 11.6 Å². The summed E-state index contributed by atoms with van der Waals surface area (Å²) in [6.07, 6.45) is 0. The van der Waals surface area contributed by atoms with Crippen LogP contribution in [-0.2, 0) is 23.3 Å². The van der Waals surface area contributed by atoms with Crippen molar-refractivity contribution in [3.05, 3.63) is 99.6 Å². The third kappa shape index (κ3) is 3.98. The van der Waals surface area contributed by atoms with Gasteiger partial charge in [-0.3, -0.25) is 9.59 Å². The van der Waals surface area contributed by atoms with E-state index in [-0.39, 0.29) is 41.3 Å². The van der Waals surface area contributed by atoms with Crippen molar-refractivity contribution in [2.24, 2.45) is 0 Å². The summed E-state index contributed by atoms with van der Waals surface area (Å²) in [6.45, 7) is 3.70. The van der Waals surface area contributed by atoms with E-state index in [9.17, 15) is 18.4 Å². The van der Waals surface area contributed by atoms with Crippen LogP contribution in [0.5, 0.6) is 0 Å². The molecule has 0 atom stereocenters. The van der Waals surface area contributed by atoms with Crippen molar-refractivity contribution in [2.45, 2.75) is 32.4 Å². The van der Waals surface area contributed by atoms with Gasteiger partial charge in [0.1, 0.15) is 11.6 Å². The van der Waals surface area contributed by atoms with Crippen LogP contribution in [0.3, 0.4) is 0 Å². The summed E-state index contributed by atoms with van der Waals surface area (Å²) >= 11 is 6.18. The number of rotatable bonds is 5. The minimum absolute atomic E-state index is 0.0465. The number of fused-ring (bicyclic) bond motifs is 1. The maximum Gasteiger partial charge on any atom is 0.251 e. The number of carbonyl (C=O) groups is 2. The Bertz CT molecular complexity index is 1210. The lowest BCUT2D eigenvalue weighted by Gasteiger charge is -2.21. The number of hydrogen-bond acceptors (Lipinski definition) is 2. The maximum atomic E-state index is 14.4. The fourth-order valence-corrected chi connectivity index (χ4v) is 4.14. The lowest BCUT2D eigenvalue weighted by molar-refractivity contribution is -0.122. The van der Waals surface area contributed by atoms with E-state index in [1.54, 1.807) is 50.2 Å². The number of nitrogens with zero attached hydrogens (tertiary/aromatic N) is 1. The second-order valence-electron chi connectivity index (χ2n) is 8.26. The summed E-state index contributed by atoms with van der Waals surface area (Å²) in [7, 11) is 0. The van der Waals surface area contributed by atoms with Gasteiger partial charge in [-0.05, 0) is 61.4 Å². The maximum absolute atomic E-state index is 14.4. The predicted molar refractivity (Wildman–Crippen MR) is 120 cm³/mol. The van der Waals surface area contributed by atoms with Crippen molar-refractivity contribution in [2.75, 3.05) is 4.90 Å². The third-order valence-electron chi connectivity index (χ3n) is 5.72. The molecule has 1 heterocycles. The molecule has 32 heavy (non-hydrogen) atoms. The zero-order chi connectivity index (χ0) is 23.0. The van der Waals surface area contributed by atoms with E-state index < -0.39 is 11.2 Å². The van der Waals surface area contributed by atoms with Crippen molar-refractivity contribution in [1.82, 2.24) is 5.32 Å². The lowest BCUT2D eigenvalue weighted by Crippen LogP contribution is -2.36. The Morgan fingerprint density at radius 1 is 1.06 bits per heavy atom. The van der Waals surface area contributed by atoms with E-state index in [1.165, 1.54) is 29.2 Å². The molecule has 4 rings (SSSR count). The van der Waals surface area contributed by atoms with E-state index >= 15 is 0 Å². The average molecular weight is 455 g/mol. The molecule has 4 nitrogen and oxygen atoms in total. The van der Waals surface area contributed by atoms with Gasteiger partial charge in [0, 0.05) is 28.4 Å². The molecule has 1 aliphatic heterocycles. The molecule has 0 aliphatic carbocycles. The first-order valence-corrected chi connectivity index (χ1v) is 10.5. The van der Waals surface area contributed by atoms with Gasteiger partial charge in [-0.1, -0.05) is 35.9 Å². The number of halogens is 3. The quantitative estimate of drug-likeness (QED) is 0.563. The molecule has 0 saturated carbocycles. The molecule has 0 aromatic heterocycles. The number of carbonyl (C=O) groups excluding carboxylic acids is 2. The largest absolute Gasteiger partial charge is 0.348 e. The van der Waals surface area contributed by atoms with E-state index in [0.29, 0.717) is 16.8 Å². The molecule has 0 spiro atoms. The smallest absolute Gasteiger partial charge is 0.251 e. The summed E-state index contributed by atoms with van der Waals surface area (Å²) in [6, 6.07) is 15.4. The number of benzene rings is 3. The van der Waals surface area contributed by atoms with Gasteiger partial charge in [-0.2, -0.15) is 0 Å². The Kier molecular flexibility index (Phi) is 5.73. The van der Waals surface area contributed by atoms with E-state index in [1.807, 2.05) is 0 Å². The van der Waals surface area contributed by atoms with Crippen LogP contribution in [0.2, 0.25) is 5.02 Å². The summed E-state index contributed by atoms with van der Waals surface area (Å²) in [5.41, 5.74) is 1.65. The molecule has 0 unspecified atom stereocenters. The van der Waals surface area contributed by atoms with Crippen LogP contribution < -0.4 is 10.2 Å². The minimum atomic E-state index is -0.830. The number of anilines is 1. The Morgan fingerprint density at radius 2 is 1.81 bits per heavy atom. The van der Waals surface area contributed by atoms with Gasteiger partial charge in [0.25, 0.3) is 5.91 Å². The minimum Gasteiger partial charge on any atom is -0.348 e. The first kappa shape index (κ1) is 22.0. The SMILES string of the molecule is CC1(C)C(=O)N(Cc2c(F)cccc2Cl)c2cc(C(=O)NCc3cccc(F)c3)ccc21. The number of nitrogens with one attached hydrogen (secondary N) is 1. The van der Waals surface area contributed by atoms with Crippen LogP contribution in [0.15, 0.2) is 60.7 Å². The van der Waals surface area contributed by atoms with Crippen LogP contribution in [0.25, 0.3) is 0 Å². The summed E-state index contributed by atoms with van der Waals surface area (Å²) in [5, 5.41) is 2.99. The Hall–Kier alpha value is -3.25. The van der Waals surface area contributed by atoms with Crippen LogP contribution in [0.1, 0.15) is 40.9 Å². The van der Waals surface area contributed by atoms with Gasteiger partial charge in [0.2, 0.25) is 5.91 Å². The van der Waals surface area contributed by atoms with Gasteiger partial charge in [0.15, 0.2) is 0 Å².